The highest BCUT2D eigenvalue weighted by atomic mass is 31.2. The van der Waals surface area contributed by atoms with Gasteiger partial charge in [0.05, 0.1) is 43.5 Å². The van der Waals surface area contributed by atoms with E-state index in [0.717, 1.165) is 5.56 Å². The fourth-order valence-electron chi connectivity index (χ4n) is 3.80. The second-order valence-electron chi connectivity index (χ2n) is 9.74. The van der Waals surface area contributed by atoms with E-state index < -0.39 is 30.9 Å². The summed E-state index contributed by atoms with van der Waals surface area (Å²) in [7, 11) is -2.79. The maximum atomic E-state index is 13.6. The summed E-state index contributed by atoms with van der Waals surface area (Å²) in [4.78, 5) is 34.8. The van der Waals surface area contributed by atoms with Crippen molar-refractivity contribution in [2.75, 3.05) is 25.6 Å². The molecule has 0 spiro atoms. The highest BCUT2D eigenvalue weighted by Gasteiger charge is 2.43. The Morgan fingerprint density at radius 1 is 1.00 bits per heavy atom. The number of rotatable bonds is 12. The average Bonchev–Trinajstić information content (AvgIpc) is 2.92. The molecule has 1 N–H and O–H groups in total. The van der Waals surface area contributed by atoms with Crippen LogP contribution >= 0.6 is 7.60 Å². The summed E-state index contributed by atoms with van der Waals surface area (Å²) < 4.78 is 34.9. The number of ether oxygens (including phenoxy) is 2. The maximum Gasteiger partial charge on any atom is 0.364 e. The largest absolute Gasteiger partial charge is 0.467 e. The van der Waals surface area contributed by atoms with E-state index >= 15 is 0 Å². The van der Waals surface area contributed by atoms with E-state index in [1.165, 1.54) is 13.3 Å². The van der Waals surface area contributed by atoms with Crippen LogP contribution in [0.2, 0.25) is 0 Å². The molecule has 0 amide bonds. The number of nitrogens with one attached hydrogen (secondary N) is 1. The first-order valence-electron chi connectivity index (χ1n) is 13.0. The molecule has 1 heterocycles. The monoisotopic (exact) mass is 569 g/mol. The van der Waals surface area contributed by atoms with Crippen molar-refractivity contribution in [1.82, 2.24) is 9.97 Å². The summed E-state index contributed by atoms with van der Waals surface area (Å²) in [5.41, 5.74) is 2.29. The van der Waals surface area contributed by atoms with Crippen LogP contribution in [0.5, 0.6) is 0 Å². The van der Waals surface area contributed by atoms with E-state index in [4.69, 9.17) is 23.5 Å². The van der Waals surface area contributed by atoms with E-state index in [2.05, 4.69) is 10.3 Å². The molecular formula is C29H36N3O7P. The van der Waals surface area contributed by atoms with Gasteiger partial charge in [-0.25, -0.2) is 19.6 Å². The van der Waals surface area contributed by atoms with Gasteiger partial charge in [-0.05, 0) is 52.3 Å². The molecule has 2 aromatic carbocycles. The fourth-order valence-corrected chi connectivity index (χ4v) is 5.53. The standard InChI is InChI=1S/C29H36N3O7P/c1-7-37-40(35,38-8-2)26(28(34)36-6)32-25-23(17-20-13-10-9-11-14-20)31-24(19-30-25)21-15-12-16-22(18-21)27(33)39-29(3,4)5/h9-16,18-19,26H,7-8,17H2,1-6H3,(H,30,32). The molecule has 0 saturated carbocycles. The van der Waals surface area contributed by atoms with Crippen molar-refractivity contribution in [2.45, 2.75) is 52.4 Å². The maximum absolute atomic E-state index is 13.6. The van der Waals surface area contributed by atoms with Crippen LogP contribution in [0.4, 0.5) is 5.82 Å². The molecular weight excluding hydrogens is 533 g/mol. The van der Waals surface area contributed by atoms with Gasteiger partial charge < -0.3 is 23.8 Å². The molecule has 0 aliphatic carbocycles. The summed E-state index contributed by atoms with van der Waals surface area (Å²) >= 11 is 0. The second-order valence-corrected chi connectivity index (χ2v) is 11.9. The van der Waals surface area contributed by atoms with E-state index in [1.807, 2.05) is 36.4 Å². The molecule has 0 bridgehead atoms. The molecule has 1 atom stereocenters. The summed E-state index contributed by atoms with van der Waals surface area (Å²) in [6, 6.07) is 16.5. The Labute approximate surface area is 235 Å². The van der Waals surface area contributed by atoms with Gasteiger partial charge in [0.2, 0.25) is 5.78 Å². The highest BCUT2D eigenvalue weighted by Crippen LogP contribution is 2.53. The summed E-state index contributed by atoms with van der Waals surface area (Å²) in [6.45, 7) is 8.84. The van der Waals surface area contributed by atoms with Crippen molar-refractivity contribution in [3.05, 3.63) is 77.6 Å². The molecule has 0 saturated heterocycles. The van der Waals surface area contributed by atoms with Crippen LogP contribution in [0, 0.1) is 0 Å². The van der Waals surface area contributed by atoms with Gasteiger partial charge in [-0.1, -0.05) is 42.5 Å². The van der Waals surface area contributed by atoms with Gasteiger partial charge in [-0.15, -0.1) is 0 Å². The Balaban J connectivity index is 2.07. The quantitative estimate of drug-likeness (QED) is 0.209. The summed E-state index contributed by atoms with van der Waals surface area (Å²) in [6.07, 6.45) is 1.85. The molecule has 11 heteroatoms. The third-order valence-corrected chi connectivity index (χ3v) is 7.69. The zero-order valence-corrected chi connectivity index (χ0v) is 24.6. The molecule has 0 aliphatic heterocycles. The van der Waals surface area contributed by atoms with Gasteiger partial charge in [0, 0.05) is 12.0 Å². The molecule has 3 aromatic rings. The van der Waals surface area contributed by atoms with Gasteiger partial charge in [-0.3, -0.25) is 4.57 Å². The zero-order chi connectivity index (χ0) is 29.3. The third-order valence-electron chi connectivity index (χ3n) is 5.48. The number of carbonyl (C=O) groups is 2. The molecule has 0 aliphatic rings. The molecule has 40 heavy (non-hydrogen) atoms. The zero-order valence-electron chi connectivity index (χ0n) is 23.7. The van der Waals surface area contributed by atoms with E-state index in [-0.39, 0.29) is 19.0 Å². The Morgan fingerprint density at radius 3 is 2.27 bits per heavy atom. The molecule has 0 radical (unpaired) electrons. The Morgan fingerprint density at radius 2 is 1.68 bits per heavy atom. The lowest BCUT2D eigenvalue weighted by molar-refractivity contribution is -0.140. The van der Waals surface area contributed by atoms with Crippen molar-refractivity contribution in [2.24, 2.45) is 0 Å². The number of carbonyl (C=O) groups excluding carboxylic acids is 2. The Hall–Kier alpha value is -3.59. The van der Waals surface area contributed by atoms with Crippen LogP contribution in [0.25, 0.3) is 11.3 Å². The van der Waals surface area contributed by atoms with Gasteiger partial charge in [0.15, 0.2) is 0 Å². The van der Waals surface area contributed by atoms with Crippen LogP contribution in [-0.4, -0.2) is 53.6 Å². The predicted octanol–water partition coefficient (Wildman–Crippen LogP) is 5.87. The van der Waals surface area contributed by atoms with Crippen LogP contribution in [-0.2, 0) is 34.3 Å². The number of hydrogen-bond acceptors (Lipinski definition) is 10. The van der Waals surface area contributed by atoms with Crippen molar-refractivity contribution in [3.8, 4) is 11.3 Å². The lowest BCUT2D eigenvalue weighted by Crippen LogP contribution is -2.33. The highest BCUT2D eigenvalue weighted by molar-refractivity contribution is 7.55. The lowest BCUT2D eigenvalue weighted by atomic mass is 10.1. The van der Waals surface area contributed by atoms with E-state index in [1.54, 1.807) is 52.8 Å². The minimum Gasteiger partial charge on any atom is -0.467 e. The van der Waals surface area contributed by atoms with Gasteiger partial charge in [-0.2, -0.15) is 0 Å². The third kappa shape index (κ3) is 8.21. The number of benzene rings is 2. The molecule has 3 rings (SSSR count). The molecule has 10 nitrogen and oxygen atoms in total. The topological polar surface area (TPSA) is 126 Å². The Bertz CT molecular complexity index is 1350. The average molecular weight is 570 g/mol. The summed E-state index contributed by atoms with van der Waals surface area (Å²) in [5.74, 6) is -2.53. The van der Waals surface area contributed by atoms with Crippen LogP contribution in [0.15, 0.2) is 60.8 Å². The fraction of sp³-hybridized carbons (Fsp3) is 0.379. The predicted molar refractivity (Wildman–Crippen MR) is 152 cm³/mol. The number of methoxy groups -OCH3 is 1. The van der Waals surface area contributed by atoms with Gasteiger partial charge >= 0.3 is 19.5 Å². The number of nitrogens with zero attached hydrogens (tertiary/aromatic N) is 2. The van der Waals surface area contributed by atoms with Crippen molar-refractivity contribution >= 4 is 25.4 Å². The summed E-state index contributed by atoms with van der Waals surface area (Å²) in [5, 5.41) is 2.93. The number of hydrogen-bond donors (Lipinski definition) is 1. The lowest BCUT2D eigenvalue weighted by Gasteiger charge is -2.26. The van der Waals surface area contributed by atoms with E-state index in [0.29, 0.717) is 28.9 Å². The van der Waals surface area contributed by atoms with E-state index in [9.17, 15) is 14.2 Å². The number of aromatic nitrogens is 2. The minimum absolute atomic E-state index is 0.0575. The molecule has 0 fully saturated rings. The Kier molecular flexibility index (Phi) is 10.6. The van der Waals surface area contributed by atoms with Crippen LogP contribution in [0.1, 0.15) is 56.2 Å². The SMILES string of the molecule is CCOP(=O)(OCC)C(Nc1ncc(-c2cccc(C(=O)OC(C)(C)C)c2)nc1Cc1ccccc1)C(=O)OC. The van der Waals surface area contributed by atoms with Crippen molar-refractivity contribution in [1.29, 1.82) is 0 Å². The van der Waals surface area contributed by atoms with Crippen molar-refractivity contribution in [3.63, 3.8) is 0 Å². The number of esters is 2. The molecule has 214 valence electrons. The second kappa shape index (κ2) is 13.7. The normalized spacial score (nSPS) is 12.4. The smallest absolute Gasteiger partial charge is 0.364 e. The first-order chi connectivity index (χ1) is 19.0. The first-order valence-corrected chi connectivity index (χ1v) is 14.6. The van der Waals surface area contributed by atoms with Crippen LogP contribution in [0.3, 0.4) is 0 Å². The molecule has 1 aromatic heterocycles. The van der Waals surface area contributed by atoms with Gasteiger partial charge in [0.25, 0.3) is 0 Å². The minimum atomic E-state index is -3.98. The van der Waals surface area contributed by atoms with Crippen LogP contribution < -0.4 is 5.32 Å². The first kappa shape index (κ1) is 30.9. The van der Waals surface area contributed by atoms with Crippen molar-refractivity contribution < 1.29 is 32.7 Å². The molecule has 1 unspecified atom stereocenters. The van der Waals surface area contributed by atoms with Gasteiger partial charge in [0.1, 0.15) is 11.4 Å². The number of anilines is 1.